The molecule has 7 heteroatoms. The van der Waals surface area contributed by atoms with Gasteiger partial charge in [-0.05, 0) is 43.5 Å². The average molecular weight is 497 g/mol. The lowest BCUT2D eigenvalue weighted by molar-refractivity contribution is -0.136. The molecule has 0 fully saturated rings. The van der Waals surface area contributed by atoms with E-state index in [0.717, 1.165) is 19.3 Å². The minimum Gasteiger partial charge on any atom is -0.493 e. The van der Waals surface area contributed by atoms with Crippen LogP contribution in [0.2, 0.25) is 0 Å². The molecule has 1 N–H and O–H groups in total. The SMILES string of the molecule is CCCCCCCCCCOc1cc2oc3c(C(=O)OCC)cccc3c(=O)c2cc1CCC(=O)O. The Balaban J connectivity index is 1.86. The number of carboxylic acid groups (broad SMARTS) is 1. The van der Waals surface area contributed by atoms with Gasteiger partial charge in [-0.25, -0.2) is 4.79 Å². The smallest absolute Gasteiger partial charge is 0.341 e. The van der Waals surface area contributed by atoms with Crippen molar-refractivity contribution in [2.24, 2.45) is 0 Å². The number of rotatable bonds is 15. The molecule has 0 saturated heterocycles. The lowest BCUT2D eigenvalue weighted by Gasteiger charge is -2.13. The zero-order valence-corrected chi connectivity index (χ0v) is 21.3. The van der Waals surface area contributed by atoms with Gasteiger partial charge in [0.15, 0.2) is 5.58 Å². The summed E-state index contributed by atoms with van der Waals surface area (Å²) in [4.78, 5) is 36.9. The number of carbonyl (C=O) groups excluding carboxylic acids is 1. The summed E-state index contributed by atoms with van der Waals surface area (Å²) in [6.45, 7) is 4.62. The zero-order chi connectivity index (χ0) is 25.9. The molecule has 0 atom stereocenters. The third-order valence-electron chi connectivity index (χ3n) is 6.24. The van der Waals surface area contributed by atoms with E-state index in [9.17, 15) is 19.5 Å². The van der Waals surface area contributed by atoms with Crippen molar-refractivity contribution in [3.8, 4) is 5.75 Å². The number of aliphatic carboxylic acids is 1. The summed E-state index contributed by atoms with van der Waals surface area (Å²) in [5, 5.41) is 9.78. The van der Waals surface area contributed by atoms with Crippen LogP contribution in [0, 0.1) is 0 Å². The summed E-state index contributed by atoms with van der Waals surface area (Å²) < 4.78 is 17.2. The van der Waals surface area contributed by atoms with Crippen LogP contribution >= 0.6 is 0 Å². The Labute approximate surface area is 211 Å². The van der Waals surface area contributed by atoms with E-state index in [4.69, 9.17) is 13.9 Å². The maximum Gasteiger partial charge on any atom is 0.341 e. The molecular weight excluding hydrogens is 460 g/mol. The van der Waals surface area contributed by atoms with E-state index >= 15 is 0 Å². The first kappa shape index (κ1) is 27.2. The molecule has 7 nitrogen and oxygen atoms in total. The topological polar surface area (TPSA) is 103 Å². The van der Waals surface area contributed by atoms with Gasteiger partial charge >= 0.3 is 11.9 Å². The summed E-state index contributed by atoms with van der Waals surface area (Å²) in [7, 11) is 0. The molecule has 194 valence electrons. The zero-order valence-electron chi connectivity index (χ0n) is 21.3. The Morgan fingerprint density at radius 2 is 1.67 bits per heavy atom. The van der Waals surface area contributed by atoms with Crippen LogP contribution in [0.4, 0.5) is 0 Å². The molecule has 1 aromatic heterocycles. The first-order chi connectivity index (χ1) is 17.5. The molecule has 0 spiro atoms. The van der Waals surface area contributed by atoms with Gasteiger partial charge < -0.3 is 19.0 Å². The number of benzene rings is 2. The number of esters is 1. The van der Waals surface area contributed by atoms with Gasteiger partial charge in [-0.15, -0.1) is 0 Å². The maximum atomic E-state index is 13.3. The number of ether oxygens (including phenoxy) is 2. The van der Waals surface area contributed by atoms with E-state index in [1.807, 2.05) is 0 Å². The average Bonchev–Trinajstić information content (AvgIpc) is 2.86. The van der Waals surface area contributed by atoms with Gasteiger partial charge in [-0.3, -0.25) is 9.59 Å². The Morgan fingerprint density at radius 3 is 2.36 bits per heavy atom. The van der Waals surface area contributed by atoms with Crippen molar-refractivity contribution < 1.29 is 28.6 Å². The van der Waals surface area contributed by atoms with Crippen LogP contribution in [-0.2, 0) is 16.0 Å². The van der Waals surface area contributed by atoms with Crippen LogP contribution in [0.5, 0.6) is 5.75 Å². The lowest BCUT2D eigenvalue weighted by atomic mass is 10.0. The quantitative estimate of drug-likeness (QED) is 0.143. The highest BCUT2D eigenvalue weighted by Crippen LogP contribution is 2.30. The van der Waals surface area contributed by atoms with Gasteiger partial charge in [0, 0.05) is 12.5 Å². The van der Waals surface area contributed by atoms with E-state index in [1.165, 1.54) is 32.1 Å². The summed E-state index contributed by atoms with van der Waals surface area (Å²) in [5.41, 5.74) is 1.00. The fourth-order valence-electron chi connectivity index (χ4n) is 4.31. The normalized spacial score (nSPS) is 11.2. The number of hydrogen-bond donors (Lipinski definition) is 1. The second-order valence-corrected chi connectivity index (χ2v) is 9.01. The van der Waals surface area contributed by atoms with Gasteiger partial charge in [-0.2, -0.15) is 0 Å². The number of para-hydroxylation sites is 1. The predicted molar refractivity (Wildman–Crippen MR) is 140 cm³/mol. The standard InChI is InChI=1S/C29H36O7/c1-3-5-6-7-8-9-10-11-17-35-24-19-25-23(18-20(24)15-16-26(30)31)27(32)21-13-12-14-22(28(21)36-25)29(33)34-4-2/h12-14,18-19H,3-11,15-17H2,1-2H3,(H,30,31). The highest BCUT2D eigenvalue weighted by atomic mass is 16.5. The summed E-state index contributed by atoms with van der Waals surface area (Å²) in [6.07, 6.45) is 9.57. The van der Waals surface area contributed by atoms with Gasteiger partial charge in [-0.1, -0.05) is 57.9 Å². The number of fused-ring (bicyclic) bond motifs is 2. The number of carbonyl (C=O) groups is 2. The first-order valence-electron chi connectivity index (χ1n) is 13.0. The van der Waals surface area contributed by atoms with Gasteiger partial charge in [0.1, 0.15) is 16.9 Å². The van der Waals surface area contributed by atoms with Crippen LogP contribution in [0.25, 0.3) is 21.9 Å². The van der Waals surface area contributed by atoms with Crippen molar-refractivity contribution in [3.05, 3.63) is 51.7 Å². The molecule has 0 aliphatic rings. The number of hydrogen-bond acceptors (Lipinski definition) is 6. The van der Waals surface area contributed by atoms with Crippen molar-refractivity contribution in [3.63, 3.8) is 0 Å². The number of aryl methyl sites for hydroxylation is 1. The van der Waals surface area contributed by atoms with Crippen LogP contribution in [-0.4, -0.2) is 30.3 Å². The summed E-state index contributed by atoms with van der Waals surface area (Å²) in [5.74, 6) is -0.980. The van der Waals surface area contributed by atoms with E-state index in [2.05, 4.69) is 6.92 Å². The molecule has 0 radical (unpaired) electrons. The molecule has 0 bridgehead atoms. The monoisotopic (exact) mass is 496 g/mol. The molecule has 0 aliphatic heterocycles. The molecule has 36 heavy (non-hydrogen) atoms. The van der Waals surface area contributed by atoms with Crippen LogP contribution in [0.3, 0.4) is 0 Å². The van der Waals surface area contributed by atoms with Crippen molar-refractivity contribution >= 4 is 33.9 Å². The molecule has 0 amide bonds. The molecule has 3 rings (SSSR count). The fraction of sp³-hybridized carbons (Fsp3) is 0.483. The number of unbranched alkanes of at least 4 members (excludes halogenated alkanes) is 7. The summed E-state index contributed by atoms with van der Waals surface area (Å²) >= 11 is 0. The van der Waals surface area contributed by atoms with E-state index in [-0.39, 0.29) is 47.0 Å². The molecular formula is C29H36O7. The van der Waals surface area contributed by atoms with Crippen LogP contribution in [0.1, 0.15) is 87.6 Å². The maximum absolute atomic E-state index is 13.3. The highest BCUT2D eigenvalue weighted by molar-refractivity contribution is 6.04. The molecule has 0 saturated carbocycles. The molecule has 1 heterocycles. The van der Waals surface area contributed by atoms with Gasteiger partial charge in [0.2, 0.25) is 5.43 Å². The largest absolute Gasteiger partial charge is 0.493 e. The van der Waals surface area contributed by atoms with Crippen molar-refractivity contribution in [1.82, 2.24) is 0 Å². The van der Waals surface area contributed by atoms with Gasteiger partial charge in [0.25, 0.3) is 0 Å². The molecule has 0 unspecified atom stereocenters. The third-order valence-corrected chi connectivity index (χ3v) is 6.24. The van der Waals surface area contributed by atoms with E-state index in [0.29, 0.717) is 23.3 Å². The molecule has 0 aliphatic carbocycles. The Kier molecular flexibility index (Phi) is 10.3. The molecule has 2 aromatic carbocycles. The lowest BCUT2D eigenvalue weighted by Crippen LogP contribution is -2.10. The van der Waals surface area contributed by atoms with Crippen molar-refractivity contribution in [2.75, 3.05) is 13.2 Å². The van der Waals surface area contributed by atoms with E-state index in [1.54, 1.807) is 37.3 Å². The first-order valence-corrected chi connectivity index (χ1v) is 13.0. The Bertz CT molecular complexity index is 1240. The second-order valence-electron chi connectivity index (χ2n) is 9.01. The van der Waals surface area contributed by atoms with Crippen LogP contribution in [0.15, 0.2) is 39.5 Å². The number of carboxylic acids is 1. The fourth-order valence-corrected chi connectivity index (χ4v) is 4.31. The van der Waals surface area contributed by atoms with Crippen molar-refractivity contribution in [2.45, 2.75) is 78.1 Å². The minimum atomic E-state index is -0.922. The second kappa shape index (κ2) is 13.7. The minimum absolute atomic E-state index is 0.0778. The van der Waals surface area contributed by atoms with Crippen LogP contribution < -0.4 is 10.2 Å². The summed E-state index contributed by atoms with van der Waals surface area (Å²) in [6, 6.07) is 8.08. The third kappa shape index (κ3) is 7.09. The van der Waals surface area contributed by atoms with Gasteiger partial charge in [0.05, 0.1) is 24.0 Å². The van der Waals surface area contributed by atoms with Crippen molar-refractivity contribution in [1.29, 1.82) is 0 Å². The molecule has 3 aromatic rings. The Morgan fingerprint density at radius 1 is 0.944 bits per heavy atom. The highest BCUT2D eigenvalue weighted by Gasteiger charge is 2.19. The van der Waals surface area contributed by atoms with E-state index < -0.39 is 11.9 Å². The Hall–Kier alpha value is -3.35. The predicted octanol–water partition coefficient (Wildman–Crippen LogP) is 6.66.